The molecule has 0 unspecified atom stereocenters. The Morgan fingerprint density at radius 1 is 0.647 bits per heavy atom. The maximum Gasteiger partial charge on any atom is 0.339 e. The van der Waals surface area contributed by atoms with E-state index in [4.69, 9.17) is 0 Å². The fourth-order valence-corrected chi connectivity index (χ4v) is 7.30. The van der Waals surface area contributed by atoms with Gasteiger partial charge in [0.15, 0.2) is 0 Å². The number of aromatic carboxylic acids is 2. The lowest BCUT2D eigenvalue weighted by Crippen LogP contribution is -2.15. The van der Waals surface area contributed by atoms with Crippen molar-refractivity contribution in [2.24, 2.45) is 0 Å². The lowest BCUT2D eigenvalue weighted by atomic mass is 9.95. The number of hydrogen-bond acceptors (Lipinski definition) is 6. The largest absolute Gasteiger partial charge is 0.478 e. The van der Waals surface area contributed by atoms with Gasteiger partial charge in [0.05, 0.1) is 11.1 Å². The molecule has 0 radical (unpaired) electrons. The number of aryl methyl sites for hydroxylation is 2. The summed E-state index contributed by atoms with van der Waals surface area (Å²) in [5, 5.41) is 25.5. The van der Waals surface area contributed by atoms with Crippen LogP contribution < -0.4 is 10.6 Å². The van der Waals surface area contributed by atoms with Crippen molar-refractivity contribution in [3.63, 3.8) is 0 Å². The van der Waals surface area contributed by atoms with Crippen LogP contribution in [0.25, 0.3) is 0 Å². The van der Waals surface area contributed by atoms with Crippen molar-refractivity contribution in [2.45, 2.75) is 77.0 Å². The first kappa shape index (κ1) is 24.4. The average Bonchev–Trinajstić information content (AvgIpc) is 3.34. The van der Waals surface area contributed by atoms with Gasteiger partial charge in [0, 0.05) is 22.6 Å². The number of anilines is 2. The van der Waals surface area contributed by atoms with Gasteiger partial charge in [-0.1, -0.05) is 0 Å². The van der Waals surface area contributed by atoms with E-state index in [1.54, 1.807) is 0 Å². The van der Waals surface area contributed by atoms with Crippen LogP contribution in [0.5, 0.6) is 0 Å². The van der Waals surface area contributed by atoms with Crippen molar-refractivity contribution in [3.05, 3.63) is 32.0 Å². The quantitative estimate of drug-likeness (QED) is 0.351. The summed E-state index contributed by atoms with van der Waals surface area (Å²) in [6.45, 7) is 0. The van der Waals surface area contributed by atoms with E-state index >= 15 is 0 Å². The number of fused-ring (bicyclic) bond motifs is 2. The summed E-state index contributed by atoms with van der Waals surface area (Å²) in [5.74, 6) is -2.55. The summed E-state index contributed by atoms with van der Waals surface area (Å²) in [4.78, 5) is 50.4. The van der Waals surface area contributed by atoms with Crippen LogP contribution in [0.15, 0.2) is 0 Å². The molecule has 2 aromatic heterocycles. The third-order valence-corrected chi connectivity index (χ3v) is 8.75. The number of rotatable bonds is 9. The Hall–Kier alpha value is -2.72. The lowest BCUT2D eigenvalue weighted by molar-refractivity contribution is -0.118. The molecule has 2 aliphatic carbocycles. The molecule has 34 heavy (non-hydrogen) atoms. The lowest BCUT2D eigenvalue weighted by Gasteiger charge is -2.10. The maximum absolute atomic E-state index is 12.4. The topological polar surface area (TPSA) is 133 Å². The number of unbranched alkanes of at least 4 members (excludes halogenated alkanes) is 1. The monoisotopic (exact) mass is 504 g/mol. The zero-order valence-corrected chi connectivity index (χ0v) is 20.5. The molecular formula is C24H28N2O6S2. The second-order valence-corrected chi connectivity index (χ2v) is 11.0. The first-order valence-corrected chi connectivity index (χ1v) is 13.3. The van der Waals surface area contributed by atoms with E-state index in [2.05, 4.69) is 10.6 Å². The molecule has 2 heterocycles. The number of amides is 2. The van der Waals surface area contributed by atoms with Gasteiger partial charge >= 0.3 is 11.9 Å². The van der Waals surface area contributed by atoms with E-state index in [9.17, 15) is 29.4 Å². The van der Waals surface area contributed by atoms with Gasteiger partial charge < -0.3 is 20.8 Å². The number of carboxylic acids is 2. The Morgan fingerprint density at radius 2 is 1.03 bits per heavy atom. The van der Waals surface area contributed by atoms with Gasteiger partial charge in [-0.05, 0) is 75.3 Å². The molecule has 0 saturated heterocycles. The van der Waals surface area contributed by atoms with E-state index in [-0.39, 0.29) is 35.8 Å². The van der Waals surface area contributed by atoms with Crippen molar-refractivity contribution >= 4 is 56.4 Å². The minimum absolute atomic E-state index is 0.183. The van der Waals surface area contributed by atoms with Gasteiger partial charge in [-0.2, -0.15) is 0 Å². The van der Waals surface area contributed by atoms with Gasteiger partial charge in [-0.3, -0.25) is 9.59 Å². The van der Waals surface area contributed by atoms with E-state index in [0.29, 0.717) is 22.8 Å². The van der Waals surface area contributed by atoms with Crippen LogP contribution in [0, 0.1) is 0 Å². The summed E-state index contributed by atoms with van der Waals surface area (Å²) in [7, 11) is 0. The first-order chi connectivity index (χ1) is 16.3. The van der Waals surface area contributed by atoms with Gasteiger partial charge in [-0.25, -0.2) is 9.59 Å². The van der Waals surface area contributed by atoms with E-state index in [1.165, 1.54) is 22.7 Å². The van der Waals surface area contributed by atoms with Crippen LogP contribution in [0.1, 0.15) is 93.0 Å². The molecule has 8 nitrogen and oxygen atoms in total. The molecule has 0 aliphatic heterocycles. The van der Waals surface area contributed by atoms with Crippen molar-refractivity contribution in [3.8, 4) is 0 Å². The molecule has 2 aromatic rings. The SMILES string of the molecule is O=C(CCCCC(=O)Nc1sc2c(c1C(=O)O)CCCC2)Nc1sc2c(c1C(=O)O)CCCC2. The number of nitrogens with one attached hydrogen (secondary N) is 2. The third kappa shape index (κ3) is 5.33. The van der Waals surface area contributed by atoms with Crippen LogP contribution in [0.2, 0.25) is 0 Å². The van der Waals surface area contributed by atoms with Crippen molar-refractivity contribution < 1.29 is 29.4 Å². The predicted molar refractivity (Wildman–Crippen MR) is 132 cm³/mol. The minimum atomic E-state index is -1.01. The molecule has 182 valence electrons. The fraction of sp³-hybridized carbons (Fsp3) is 0.500. The molecule has 0 saturated carbocycles. The zero-order chi connectivity index (χ0) is 24.2. The Bertz CT molecular complexity index is 1040. The van der Waals surface area contributed by atoms with Gasteiger partial charge in [0.25, 0.3) is 0 Å². The molecule has 2 aliphatic rings. The van der Waals surface area contributed by atoms with Crippen molar-refractivity contribution in [1.82, 2.24) is 0 Å². The smallest absolute Gasteiger partial charge is 0.339 e. The van der Waals surface area contributed by atoms with E-state index in [0.717, 1.165) is 72.2 Å². The number of carbonyl (C=O) groups excluding carboxylic acids is 2. The molecule has 10 heteroatoms. The Labute approximate surface area is 205 Å². The summed E-state index contributed by atoms with van der Waals surface area (Å²) >= 11 is 2.71. The van der Waals surface area contributed by atoms with Crippen LogP contribution in [-0.4, -0.2) is 34.0 Å². The molecule has 4 N–H and O–H groups in total. The molecule has 4 rings (SSSR count). The summed E-state index contributed by atoms with van der Waals surface area (Å²) in [6.07, 6.45) is 8.45. The fourth-order valence-electron chi connectivity index (χ4n) is 4.71. The van der Waals surface area contributed by atoms with E-state index < -0.39 is 11.9 Å². The standard InChI is InChI=1S/C24H28N2O6S2/c27-17(25-21-19(23(29)30)13-7-1-3-9-15(13)33-21)11-5-6-12-18(28)26-22-20(24(31)32)14-8-2-4-10-16(14)34-22/h1-12H2,(H,25,27)(H,26,28)(H,29,30)(H,31,32). The Balaban J connectivity index is 1.27. The van der Waals surface area contributed by atoms with Crippen LogP contribution in [0.4, 0.5) is 10.0 Å². The Morgan fingerprint density at radius 3 is 1.41 bits per heavy atom. The second-order valence-electron chi connectivity index (χ2n) is 8.74. The number of hydrogen-bond donors (Lipinski definition) is 4. The highest BCUT2D eigenvalue weighted by atomic mass is 32.1. The second kappa shape index (κ2) is 10.7. The van der Waals surface area contributed by atoms with Crippen molar-refractivity contribution in [1.29, 1.82) is 0 Å². The summed E-state index contributed by atoms with van der Waals surface area (Å²) < 4.78 is 0. The number of carbonyl (C=O) groups is 4. The predicted octanol–water partition coefficient (Wildman–Crippen LogP) is 5.10. The maximum atomic E-state index is 12.4. The molecule has 0 fully saturated rings. The molecule has 0 atom stereocenters. The highest BCUT2D eigenvalue weighted by molar-refractivity contribution is 7.17. The highest BCUT2D eigenvalue weighted by Crippen LogP contribution is 2.39. The van der Waals surface area contributed by atoms with Gasteiger partial charge in [-0.15, -0.1) is 22.7 Å². The van der Waals surface area contributed by atoms with Gasteiger partial charge in [0.1, 0.15) is 10.0 Å². The van der Waals surface area contributed by atoms with Crippen LogP contribution in [0.3, 0.4) is 0 Å². The molecule has 2 amide bonds. The van der Waals surface area contributed by atoms with E-state index in [1.807, 2.05) is 0 Å². The number of carboxylic acid groups (broad SMARTS) is 2. The van der Waals surface area contributed by atoms with Crippen molar-refractivity contribution in [2.75, 3.05) is 10.6 Å². The molecule has 0 bridgehead atoms. The summed E-state index contributed by atoms with van der Waals surface area (Å²) in [6, 6.07) is 0. The first-order valence-electron chi connectivity index (χ1n) is 11.7. The molecular weight excluding hydrogens is 476 g/mol. The summed E-state index contributed by atoms with van der Waals surface area (Å²) in [5.41, 5.74) is 2.15. The van der Waals surface area contributed by atoms with Gasteiger partial charge in [0.2, 0.25) is 11.8 Å². The normalized spacial score (nSPS) is 14.7. The van der Waals surface area contributed by atoms with Crippen LogP contribution in [-0.2, 0) is 35.3 Å². The number of thiophene rings is 2. The third-order valence-electron chi connectivity index (χ3n) is 6.33. The average molecular weight is 505 g/mol. The zero-order valence-electron chi connectivity index (χ0n) is 18.8. The van der Waals surface area contributed by atoms with Crippen LogP contribution >= 0.6 is 22.7 Å². The minimum Gasteiger partial charge on any atom is -0.478 e. The molecule has 0 spiro atoms. The highest BCUT2D eigenvalue weighted by Gasteiger charge is 2.27. The molecule has 0 aromatic carbocycles. The Kier molecular flexibility index (Phi) is 7.67.